The first-order valence-electron chi connectivity index (χ1n) is 5.74. The summed E-state index contributed by atoms with van der Waals surface area (Å²) in [5, 5.41) is 15.3. The molecule has 1 aliphatic heterocycles. The molecule has 1 aromatic rings. The fourth-order valence-electron chi connectivity index (χ4n) is 1.55. The van der Waals surface area contributed by atoms with E-state index in [0.29, 0.717) is 24.9 Å². The zero-order chi connectivity index (χ0) is 12.1. The van der Waals surface area contributed by atoms with Gasteiger partial charge in [-0.05, 0) is 6.42 Å². The summed E-state index contributed by atoms with van der Waals surface area (Å²) < 4.78 is 5.23. The van der Waals surface area contributed by atoms with Crippen molar-refractivity contribution in [2.45, 2.75) is 25.8 Å². The molecule has 1 saturated heterocycles. The second-order valence-electron chi connectivity index (χ2n) is 3.82. The van der Waals surface area contributed by atoms with Gasteiger partial charge in [-0.1, -0.05) is 18.3 Å². The number of nitrogens with zero attached hydrogens (tertiary/aromatic N) is 2. The summed E-state index contributed by atoms with van der Waals surface area (Å²) in [5.74, 6) is -0.108. The van der Waals surface area contributed by atoms with Gasteiger partial charge in [0.05, 0.1) is 13.2 Å². The van der Waals surface area contributed by atoms with E-state index in [2.05, 4.69) is 27.8 Å². The van der Waals surface area contributed by atoms with Gasteiger partial charge in [0, 0.05) is 13.0 Å². The first-order valence-corrected chi connectivity index (χ1v) is 6.55. The molecule has 94 valence electrons. The molecule has 1 amide bonds. The zero-order valence-electron chi connectivity index (χ0n) is 9.73. The third-order valence-electron chi connectivity index (χ3n) is 2.40. The van der Waals surface area contributed by atoms with Crippen LogP contribution in [0.1, 0.15) is 18.4 Å². The van der Waals surface area contributed by atoms with Crippen molar-refractivity contribution in [3.63, 3.8) is 0 Å². The van der Waals surface area contributed by atoms with E-state index in [1.54, 1.807) is 0 Å². The Kier molecular flexibility index (Phi) is 4.41. The topological polar surface area (TPSA) is 76.1 Å². The van der Waals surface area contributed by atoms with Gasteiger partial charge >= 0.3 is 0 Å². The minimum absolute atomic E-state index is 0.108. The van der Waals surface area contributed by atoms with Gasteiger partial charge in [0.25, 0.3) is 0 Å². The van der Waals surface area contributed by atoms with Crippen molar-refractivity contribution >= 4 is 22.4 Å². The minimum Gasteiger partial charge on any atom is -0.378 e. The number of aryl methyl sites for hydroxylation is 1. The highest BCUT2D eigenvalue weighted by Gasteiger charge is 2.22. The number of aromatic nitrogens is 2. The molecular formula is C10H16N4O2S. The van der Waals surface area contributed by atoms with Crippen LogP contribution in [0.5, 0.6) is 0 Å². The third-order valence-corrected chi connectivity index (χ3v) is 3.30. The Hall–Kier alpha value is -1.05. The quantitative estimate of drug-likeness (QED) is 0.816. The van der Waals surface area contributed by atoms with E-state index >= 15 is 0 Å². The molecule has 1 aliphatic rings. The van der Waals surface area contributed by atoms with Gasteiger partial charge in [-0.3, -0.25) is 10.1 Å². The maximum atomic E-state index is 11.8. The predicted octanol–water partition coefficient (Wildman–Crippen LogP) is 0.417. The molecule has 1 aromatic heterocycles. The van der Waals surface area contributed by atoms with Gasteiger partial charge in [0.2, 0.25) is 11.0 Å². The smallest absolute Gasteiger partial charge is 0.245 e. The van der Waals surface area contributed by atoms with E-state index in [-0.39, 0.29) is 11.9 Å². The molecule has 0 radical (unpaired) electrons. The van der Waals surface area contributed by atoms with Crippen molar-refractivity contribution in [3.05, 3.63) is 5.01 Å². The first kappa shape index (κ1) is 12.4. The number of nitrogens with one attached hydrogen (secondary N) is 2. The summed E-state index contributed by atoms with van der Waals surface area (Å²) in [6.45, 7) is 3.86. The summed E-state index contributed by atoms with van der Waals surface area (Å²) in [5.41, 5.74) is 0. The molecule has 0 bridgehead atoms. The largest absolute Gasteiger partial charge is 0.378 e. The van der Waals surface area contributed by atoms with E-state index in [1.807, 2.05) is 0 Å². The molecule has 6 nitrogen and oxygen atoms in total. The highest BCUT2D eigenvalue weighted by Crippen LogP contribution is 2.16. The van der Waals surface area contributed by atoms with Crippen molar-refractivity contribution in [1.29, 1.82) is 0 Å². The van der Waals surface area contributed by atoms with Crippen molar-refractivity contribution in [3.8, 4) is 0 Å². The normalized spacial score (nSPS) is 20.2. The maximum Gasteiger partial charge on any atom is 0.245 e. The van der Waals surface area contributed by atoms with Crippen LogP contribution in [0.25, 0.3) is 0 Å². The highest BCUT2D eigenvalue weighted by atomic mass is 32.1. The summed E-state index contributed by atoms with van der Waals surface area (Å²) in [4.78, 5) is 11.8. The monoisotopic (exact) mass is 256 g/mol. The van der Waals surface area contributed by atoms with Crippen LogP contribution >= 0.6 is 11.3 Å². The van der Waals surface area contributed by atoms with Crippen molar-refractivity contribution in [2.24, 2.45) is 0 Å². The van der Waals surface area contributed by atoms with Gasteiger partial charge in [-0.15, -0.1) is 10.2 Å². The van der Waals surface area contributed by atoms with E-state index < -0.39 is 0 Å². The molecule has 1 atom stereocenters. The fraction of sp³-hybridized carbons (Fsp3) is 0.700. The standard InChI is InChI=1S/C10H16N4O2S/c1-2-3-8-13-14-10(17-8)12-9(15)7-6-16-5-4-11-7/h7,11H,2-6H2,1H3,(H,12,14,15). The van der Waals surface area contributed by atoms with Gasteiger partial charge in [-0.25, -0.2) is 0 Å². The predicted molar refractivity (Wildman–Crippen MR) is 65.1 cm³/mol. The van der Waals surface area contributed by atoms with Crippen LogP contribution in [0, 0.1) is 0 Å². The number of morpholine rings is 1. The Bertz CT molecular complexity index is 376. The minimum atomic E-state index is -0.290. The number of hydrogen-bond donors (Lipinski definition) is 2. The number of rotatable bonds is 4. The number of ether oxygens (including phenoxy) is 1. The van der Waals surface area contributed by atoms with Crippen molar-refractivity contribution in [1.82, 2.24) is 15.5 Å². The molecule has 2 rings (SSSR count). The highest BCUT2D eigenvalue weighted by molar-refractivity contribution is 7.15. The molecule has 0 spiro atoms. The zero-order valence-corrected chi connectivity index (χ0v) is 10.5. The van der Waals surface area contributed by atoms with E-state index in [1.165, 1.54) is 11.3 Å². The Labute approximate surface area is 104 Å². The second kappa shape index (κ2) is 6.04. The van der Waals surface area contributed by atoms with Crippen LogP contribution in [0.15, 0.2) is 0 Å². The van der Waals surface area contributed by atoms with Gasteiger partial charge in [-0.2, -0.15) is 0 Å². The SMILES string of the molecule is CCCc1nnc(NC(=O)C2COCCN2)s1. The fourth-order valence-corrected chi connectivity index (χ4v) is 2.39. The van der Waals surface area contributed by atoms with Crippen LogP contribution in [0.2, 0.25) is 0 Å². The molecule has 0 saturated carbocycles. The van der Waals surface area contributed by atoms with Crippen molar-refractivity contribution < 1.29 is 9.53 Å². The van der Waals surface area contributed by atoms with Crippen LogP contribution in [-0.4, -0.2) is 41.9 Å². The summed E-state index contributed by atoms with van der Waals surface area (Å²) in [6, 6.07) is -0.290. The molecule has 2 heterocycles. The maximum absolute atomic E-state index is 11.8. The summed E-state index contributed by atoms with van der Waals surface area (Å²) in [7, 11) is 0. The van der Waals surface area contributed by atoms with E-state index in [9.17, 15) is 4.79 Å². The number of anilines is 1. The van der Waals surface area contributed by atoms with Crippen molar-refractivity contribution in [2.75, 3.05) is 25.1 Å². The lowest BCUT2D eigenvalue weighted by Gasteiger charge is -2.22. The number of amides is 1. The lowest BCUT2D eigenvalue weighted by atomic mass is 10.2. The van der Waals surface area contributed by atoms with Crippen LogP contribution in [-0.2, 0) is 16.0 Å². The first-order chi connectivity index (χ1) is 8.29. The van der Waals surface area contributed by atoms with E-state index in [4.69, 9.17) is 4.74 Å². The molecule has 1 unspecified atom stereocenters. The lowest BCUT2D eigenvalue weighted by Crippen LogP contribution is -2.48. The van der Waals surface area contributed by atoms with Crippen LogP contribution in [0.4, 0.5) is 5.13 Å². The number of hydrogen-bond acceptors (Lipinski definition) is 6. The molecule has 1 fully saturated rings. The van der Waals surface area contributed by atoms with Crippen LogP contribution < -0.4 is 10.6 Å². The molecule has 0 aliphatic carbocycles. The third kappa shape index (κ3) is 3.45. The molecule has 0 aromatic carbocycles. The van der Waals surface area contributed by atoms with Gasteiger partial charge in [0.15, 0.2) is 0 Å². The molecule has 17 heavy (non-hydrogen) atoms. The molecule has 2 N–H and O–H groups in total. The van der Waals surface area contributed by atoms with Gasteiger partial charge in [0.1, 0.15) is 11.0 Å². The summed E-state index contributed by atoms with van der Waals surface area (Å²) >= 11 is 1.43. The second-order valence-corrected chi connectivity index (χ2v) is 4.88. The van der Waals surface area contributed by atoms with E-state index in [0.717, 1.165) is 17.8 Å². The Morgan fingerprint density at radius 2 is 2.53 bits per heavy atom. The lowest BCUT2D eigenvalue weighted by molar-refractivity contribution is -0.120. The Morgan fingerprint density at radius 3 is 3.24 bits per heavy atom. The van der Waals surface area contributed by atoms with Gasteiger partial charge < -0.3 is 10.1 Å². The Balaban J connectivity index is 1.88. The Morgan fingerprint density at radius 1 is 1.65 bits per heavy atom. The number of carbonyl (C=O) groups is 1. The summed E-state index contributed by atoms with van der Waals surface area (Å²) in [6.07, 6.45) is 1.93. The van der Waals surface area contributed by atoms with Crippen LogP contribution in [0.3, 0.4) is 0 Å². The molecule has 7 heteroatoms. The molecular weight excluding hydrogens is 240 g/mol. The average Bonchev–Trinajstić information content (AvgIpc) is 2.78. The average molecular weight is 256 g/mol. The number of carbonyl (C=O) groups excluding carboxylic acids is 1.